The topological polar surface area (TPSA) is 59.1 Å². The lowest BCUT2D eigenvalue weighted by atomic mass is 10.0. The van der Waals surface area contributed by atoms with E-state index in [9.17, 15) is 22.8 Å². The number of para-hydroxylation sites is 1. The first-order valence-electron chi connectivity index (χ1n) is 11.2. The molecular formula is C25H29F3N2O4. The molecule has 34 heavy (non-hydrogen) atoms. The number of carbonyl (C=O) groups excluding carboxylic acids is 2. The van der Waals surface area contributed by atoms with Crippen molar-refractivity contribution in [2.45, 2.75) is 39.1 Å². The van der Waals surface area contributed by atoms with Crippen LogP contribution in [0.2, 0.25) is 0 Å². The number of halogens is 3. The molecule has 0 saturated carbocycles. The third kappa shape index (κ3) is 6.42. The summed E-state index contributed by atoms with van der Waals surface area (Å²) in [7, 11) is 1.73. The molecule has 1 aliphatic heterocycles. The van der Waals surface area contributed by atoms with Crippen LogP contribution < -0.4 is 9.47 Å². The number of fused-ring (bicyclic) bond motifs is 1. The number of nitrogens with zero attached hydrogens (tertiary/aromatic N) is 2. The maximum atomic E-state index is 13.4. The fourth-order valence-electron chi connectivity index (χ4n) is 3.91. The number of carbonyl (C=O) groups is 2. The van der Waals surface area contributed by atoms with Crippen molar-refractivity contribution in [1.29, 1.82) is 0 Å². The van der Waals surface area contributed by atoms with Gasteiger partial charge in [0, 0.05) is 25.7 Å². The molecule has 184 valence electrons. The van der Waals surface area contributed by atoms with Gasteiger partial charge in [-0.1, -0.05) is 26.0 Å². The zero-order valence-corrected chi connectivity index (χ0v) is 19.5. The summed E-state index contributed by atoms with van der Waals surface area (Å²) in [6, 6.07) is 11.6. The van der Waals surface area contributed by atoms with Crippen molar-refractivity contribution in [1.82, 2.24) is 9.80 Å². The normalized spacial score (nSPS) is 18.0. The van der Waals surface area contributed by atoms with Gasteiger partial charge in [0.25, 0.3) is 11.8 Å². The second-order valence-corrected chi connectivity index (χ2v) is 8.62. The highest BCUT2D eigenvalue weighted by Gasteiger charge is 2.32. The van der Waals surface area contributed by atoms with Crippen LogP contribution in [0.4, 0.5) is 13.2 Å². The van der Waals surface area contributed by atoms with E-state index in [-0.39, 0.29) is 41.7 Å². The van der Waals surface area contributed by atoms with Gasteiger partial charge in [0.1, 0.15) is 18.1 Å². The molecule has 0 unspecified atom stereocenters. The Balaban J connectivity index is 1.88. The zero-order valence-electron chi connectivity index (χ0n) is 19.5. The molecule has 9 heteroatoms. The van der Waals surface area contributed by atoms with Crippen LogP contribution in [0, 0.1) is 5.92 Å². The molecule has 2 aromatic carbocycles. The van der Waals surface area contributed by atoms with Gasteiger partial charge in [-0.2, -0.15) is 0 Å². The van der Waals surface area contributed by atoms with Crippen LogP contribution in [0.5, 0.6) is 11.5 Å². The third-order valence-corrected chi connectivity index (χ3v) is 5.78. The highest BCUT2D eigenvalue weighted by molar-refractivity contribution is 5.97. The van der Waals surface area contributed by atoms with Crippen LogP contribution in [0.25, 0.3) is 0 Å². The Labute approximate surface area is 197 Å². The van der Waals surface area contributed by atoms with Crippen molar-refractivity contribution in [2.75, 3.05) is 26.7 Å². The van der Waals surface area contributed by atoms with E-state index >= 15 is 0 Å². The van der Waals surface area contributed by atoms with E-state index in [0.29, 0.717) is 37.2 Å². The molecule has 0 radical (unpaired) electrons. The van der Waals surface area contributed by atoms with E-state index in [1.165, 1.54) is 12.1 Å². The Hall–Kier alpha value is -3.23. The number of alkyl halides is 3. The lowest BCUT2D eigenvalue weighted by Crippen LogP contribution is -2.47. The van der Waals surface area contributed by atoms with Gasteiger partial charge >= 0.3 is 6.36 Å². The molecule has 0 spiro atoms. The summed E-state index contributed by atoms with van der Waals surface area (Å²) in [5.74, 6) is -0.315. The minimum absolute atomic E-state index is 0.0327. The van der Waals surface area contributed by atoms with Crippen molar-refractivity contribution in [2.24, 2.45) is 5.92 Å². The van der Waals surface area contributed by atoms with Crippen LogP contribution in [-0.2, 0) is 0 Å². The molecule has 2 amide bonds. The van der Waals surface area contributed by atoms with E-state index in [2.05, 4.69) is 4.74 Å². The van der Waals surface area contributed by atoms with Gasteiger partial charge in [-0.15, -0.1) is 13.2 Å². The van der Waals surface area contributed by atoms with Gasteiger partial charge in [0.2, 0.25) is 0 Å². The number of hydrogen-bond donors (Lipinski definition) is 0. The van der Waals surface area contributed by atoms with Gasteiger partial charge in [0.15, 0.2) is 0 Å². The Bertz CT molecular complexity index is 992. The van der Waals surface area contributed by atoms with E-state index in [4.69, 9.17) is 4.74 Å². The molecule has 1 atom stereocenters. The fourth-order valence-corrected chi connectivity index (χ4v) is 3.91. The second kappa shape index (κ2) is 10.8. The summed E-state index contributed by atoms with van der Waals surface area (Å²) >= 11 is 0. The second-order valence-electron chi connectivity index (χ2n) is 8.62. The van der Waals surface area contributed by atoms with Gasteiger partial charge in [0.05, 0.1) is 11.6 Å². The largest absolute Gasteiger partial charge is 0.573 e. The molecule has 3 rings (SSSR count). The van der Waals surface area contributed by atoms with Gasteiger partial charge in [-0.3, -0.25) is 9.59 Å². The number of hydrogen-bond acceptors (Lipinski definition) is 4. The molecule has 1 heterocycles. The van der Waals surface area contributed by atoms with Gasteiger partial charge in [-0.05, 0) is 55.2 Å². The van der Waals surface area contributed by atoms with Crippen molar-refractivity contribution < 1.29 is 32.2 Å². The highest BCUT2D eigenvalue weighted by atomic mass is 19.4. The predicted molar refractivity (Wildman–Crippen MR) is 121 cm³/mol. The average molecular weight is 479 g/mol. The minimum atomic E-state index is -4.80. The van der Waals surface area contributed by atoms with Gasteiger partial charge in [-0.25, -0.2) is 0 Å². The number of rotatable bonds is 3. The summed E-state index contributed by atoms with van der Waals surface area (Å²) in [5.41, 5.74) is 0.728. The summed E-state index contributed by atoms with van der Waals surface area (Å²) < 4.78 is 47.4. The molecular weight excluding hydrogens is 449 g/mol. The maximum absolute atomic E-state index is 13.4. The van der Waals surface area contributed by atoms with Crippen LogP contribution in [0.3, 0.4) is 0 Å². The van der Waals surface area contributed by atoms with Crippen LogP contribution >= 0.6 is 0 Å². The first-order valence-corrected chi connectivity index (χ1v) is 11.2. The molecule has 0 aromatic heterocycles. The number of benzene rings is 2. The maximum Gasteiger partial charge on any atom is 0.573 e. The summed E-state index contributed by atoms with van der Waals surface area (Å²) in [6.45, 7) is 5.07. The number of ether oxygens (including phenoxy) is 2. The summed E-state index contributed by atoms with van der Waals surface area (Å²) in [4.78, 5) is 29.6. The average Bonchev–Trinajstić information content (AvgIpc) is 2.78. The Kier molecular flexibility index (Phi) is 8.06. The van der Waals surface area contributed by atoms with Crippen molar-refractivity contribution in [3.8, 4) is 11.5 Å². The third-order valence-electron chi connectivity index (χ3n) is 5.78. The quantitative estimate of drug-likeness (QED) is 0.623. The molecule has 1 aliphatic rings. The van der Waals surface area contributed by atoms with Crippen LogP contribution in [0.1, 0.15) is 47.4 Å². The lowest BCUT2D eigenvalue weighted by molar-refractivity contribution is -0.274. The van der Waals surface area contributed by atoms with Crippen molar-refractivity contribution >= 4 is 11.8 Å². The van der Waals surface area contributed by atoms with Gasteiger partial charge < -0.3 is 19.3 Å². The lowest BCUT2D eigenvalue weighted by Gasteiger charge is -2.35. The standard InChI is InChI=1S/C25H29F3N2O4/c1-17(2)21-16-33-22-9-5-4-8-20(22)24(32)29(3)14-6-7-15-30(21)23(31)18-10-12-19(13-11-18)34-25(26,27)28/h4-5,8-13,17,21H,6-7,14-16H2,1-3H3/t21-/m1/s1. The zero-order chi connectivity index (χ0) is 24.9. The van der Waals surface area contributed by atoms with E-state index in [0.717, 1.165) is 12.1 Å². The SMILES string of the molecule is CC(C)[C@H]1COc2ccccc2C(=O)N(C)CCCCN1C(=O)c1ccc(OC(F)(F)F)cc1. The molecule has 0 aliphatic carbocycles. The fraction of sp³-hybridized carbons (Fsp3) is 0.440. The van der Waals surface area contributed by atoms with E-state index < -0.39 is 6.36 Å². The first kappa shape index (κ1) is 25.4. The smallest absolute Gasteiger partial charge is 0.491 e. The van der Waals surface area contributed by atoms with Crippen LogP contribution in [-0.4, -0.2) is 60.8 Å². The first-order chi connectivity index (χ1) is 16.1. The predicted octanol–water partition coefficient (Wildman–Crippen LogP) is 5.00. The Morgan fingerprint density at radius 1 is 1.06 bits per heavy atom. The minimum Gasteiger partial charge on any atom is -0.491 e. The van der Waals surface area contributed by atoms with Crippen molar-refractivity contribution in [3.05, 3.63) is 59.7 Å². The molecule has 0 bridgehead atoms. The van der Waals surface area contributed by atoms with E-state index in [1.54, 1.807) is 41.1 Å². The molecule has 2 aromatic rings. The van der Waals surface area contributed by atoms with Crippen molar-refractivity contribution in [3.63, 3.8) is 0 Å². The molecule has 0 saturated heterocycles. The Morgan fingerprint density at radius 2 is 1.71 bits per heavy atom. The Morgan fingerprint density at radius 3 is 2.35 bits per heavy atom. The number of amides is 2. The monoisotopic (exact) mass is 478 g/mol. The van der Waals surface area contributed by atoms with Crippen LogP contribution in [0.15, 0.2) is 48.5 Å². The summed E-state index contributed by atoms with van der Waals surface area (Å²) in [5, 5.41) is 0. The highest BCUT2D eigenvalue weighted by Crippen LogP contribution is 2.26. The van der Waals surface area contributed by atoms with E-state index in [1.807, 2.05) is 13.8 Å². The molecule has 6 nitrogen and oxygen atoms in total. The molecule has 0 N–H and O–H groups in total. The summed E-state index contributed by atoms with van der Waals surface area (Å²) in [6.07, 6.45) is -3.45. The molecule has 0 fully saturated rings.